The van der Waals surface area contributed by atoms with Crippen LogP contribution in [0.5, 0.6) is 0 Å². The summed E-state index contributed by atoms with van der Waals surface area (Å²) >= 11 is 0. The van der Waals surface area contributed by atoms with Gasteiger partial charge in [-0.2, -0.15) is 5.10 Å². The minimum Gasteiger partial charge on any atom is -0.358 e. The molecule has 0 amide bonds. The summed E-state index contributed by atoms with van der Waals surface area (Å²) in [6.45, 7) is 32.6. The van der Waals surface area contributed by atoms with E-state index in [0.717, 1.165) is 72.4 Å². The number of allylic oxidation sites excluding steroid dienone is 5. The van der Waals surface area contributed by atoms with Gasteiger partial charge in [-0.15, -0.1) is 0 Å². The molecule has 4 aromatic rings. The van der Waals surface area contributed by atoms with Crippen molar-refractivity contribution in [3.8, 4) is 11.4 Å². The molecule has 1 aliphatic rings. The van der Waals surface area contributed by atoms with Gasteiger partial charge in [0, 0.05) is 28.4 Å². The molecule has 5 rings (SSSR count). The average molecular weight is 677 g/mol. The molecule has 0 spiro atoms. The number of benzene rings is 1. The Morgan fingerprint density at radius 2 is 1.76 bits per heavy atom. The molecule has 50 heavy (non-hydrogen) atoms. The lowest BCUT2D eigenvalue weighted by Gasteiger charge is -2.13. The van der Waals surface area contributed by atoms with Crippen LogP contribution in [0.4, 0.5) is 10.1 Å². The van der Waals surface area contributed by atoms with Gasteiger partial charge in [-0.1, -0.05) is 78.6 Å². The minimum absolute atomic E-state index is 0.269. The van der Waals surface area contributed by atoms with Gasteiger partial charge in [0.25, 0.3) is 0 Å². The van der Waals surface area contributed by atoms with Gasteiger partial charge in [-0.3, -0.25) is 10.1 Å². The van der Waals surface area contributed by atoms with Crippen molar-refractivity contribution in [2.75, 3.05) is 25.0 Å². The molecule has 3 N–H and O–H groups in total. The van der Waals surface area contributed by atoms with E-state index in [2.05, 4.69) is 77.0 Å². The number of H-pyrrole nitrogens is 2. The van der Waals surface area contributed by atoms with E-state index in [4.69, 9.17) is 0 Å². The number of nitrogens with one attached hydrogen (secondary N) is 3. The highest BCUT2D eigenvalue weighted by Crippen LogP contribution is 2.30. The van der Waals surface area contributed by atoms with Crippen LogP contribution in [0.1, 0.15) is 88.8 Å². The van der Waals surface area contributed by atoms with Crippen molar-refractivity contribution in [3.63, 3.8) is 0 Å². The monoisotopic (exact) mass is 676 g/mol. The molecule has 0 saturated carbocycles. The molecular formula is C43H57FN6. The van der Waals surface area contributed by atoms with E-state index in [0.29, 0.717) is 5.92 Å². The summed E-state index contributed by atoms with van der Waals surface area (Å²) in [5, 5.41) is 12.6. The van der Waals surface area contributed by atoms with E-state index in [-0.39, 0.29) is 5.82 Å². The van der Waals surface area contributed by atoms with E-state index in [1.54, 1.807) is 18.3 Å². The quantitative estimate of drug-likeness (QED) is 0.138. The SMILES string of the molecule is C=C/C=C(/c1cc(C)cc(F)c1)c1cc(-c2n[nH]/c(=C/C=C(\C)c3cncc(NC(=C)C(C)C)c3)c2=C)[nH]c1C.CC.CCCN1CCCC1. The summed E-state index contributed by atoms with van der Waals surface area (Å²) in [5.74, 6) is 0.0578. The van der Waals surface area contributed by atoms with Crippen molar-refractivity contribution < 1.29 is 4.39 Å². The van der Waals surface area contributed by atoms with Gasteiger partial charge in [0.05, 0.1) is 22.9 Å². The zero-order valence-corrected chi connectivity index (χ0v) is 31.5. The Bertz CT molecular complexity index is 1880. The smallest absolute Gasteiger partial charge is 0.124 e. The topological polar surface area (TPSA) is 72.6 Å². The lowest BCUT2D eigenvalue weighted by molar-refractivity contribution is 0.339. The van der Waals surface area contributed by atoms with Crippen LogP contribution in [0.2, 0.25) is 0 Å². The van der Waals surface area contributed by atoms with Gasteiger partial charge in [-0.05, 0) is 124 Å². The predicted octanol–water partition coefficient (Wildman–Crippen LogP) is 9.57. The number of hydrogen-bond donors (Lipinski definition) is 3. The van der Waals surface area contributed by atoms with Crippen molar-refractivity contribution in [1.29, 1.82) is 0 Å². The summed E-state index contributed by atoms with van der Waals surface area (Å²) in [6, 6.07) is 9.11. The van der Waals surface area contributed by atoms with Crippen LogP contribution in [0.3, 0.4) is 0 Å². The van der Waals surface area contributed by atoms with Gasteiger partial charge in [0.2, 0.25) is 0 Å². The molecule has 4 heterocycles. The van der Waals surface area contributed by atoms with Gasteiger partial charge >= 0.3 is 0 Å². The summed E-state index contributed by atoms with van der Waals surface area (Å²) in [7, 11) is 0. The summed E-state index contributed by atoms with van der Waals surface area (Å²) in [5.41, 5.74) is 9.86. The van der Waals surface area contributed by atoms with Crippen molar-refractivity contribution in [1.82, 2.24) is 25.1 Å². The molecule has 0 radical (unpaired) electrons. The van der Waals surface area contributed by atoms with E-state index >= 15 is 0 Å². The number of likely N-dealkylation sites (tertiary alicyclic amines) is 1. The lowest BCUT2D eigenvalue weighted by Crippen LogP contribution is -2.21. The fourth-order valence-electron chi connectivity index (χ4n) is 5.74. The second-order valence-corrected chi connectivity index (χ2v) is 12.9. The van der Waals surface area contributed by atoms with Crippen molar-refractivity contribution >= 4 is 29.5 Å². The number of halogens is 1. The van der Waals surface area contributed by atoms with Crippen molar-refractivity contribution in [2.45, 2.75) is 74.7 Å². The fourth-order valence-corrected chi connectivity index (χ4v) is 5.74. The number of rotatable bonds is 11. The molecule has 1 aromatic carbocycles. The minimum atomic E-state index is -0.269. The maximum absolute atomic E-state index is 14.2. The van der Waals surface area contributed by atoms with Crippen LogP contribution in [-0.4, -0.2) is 44.7 Å². The number of aromatic amines is 2. The standard InChI is InChI=1S/C34H36FN5.C7H15N.C2H6/c1-9-10-30(26-13-21(4)14-28(35)15-26)31-17-33(38-25(31)8)34-23(6)32(39-40-34)12-11-22(5)27-16-29(19-36-18-27)37-24(7)20(2)3;1-2-5-8-6-3-4-7-8;1-2/h9-20,37-39H,1,6-7H2,2-5,8H3;2-7H2,1H3;1-2H3/b22-11+,30-10-,32-12+;;. The van der Waals surface area contributed by atoms with Crippen LogP contribution in [0.25, 0.3) is 35.2 Å². The molecule has 266 valence electrons. The van der Waals surface area contributed by atoms with Crippen LogP contribution in [0, 0.1) is 25.6 Å². The van der Waals surface area contributed by atoms with Crippen molar-refractivity contribution in [3.05, 3.63) is 124 Å². The molecule has 0 atom stereocenters. The normalized spacial score (nSPS) is 13.8. The highest BCUT2D eigenvalue weighted by Gasteiger charge is 2.15. The van der Waals surface area contributed by atoms with Gasteiger partial charge in [0.15, 0.2) is 0 Å². The third-order valence-electron chi connectivity index (χ3n) is 8.53. The lowest BCUT2D eigenvalue weighted by atomic mass is 9.96. The molecule has 1 aliphatic heterocycles. The first kappa shape index (κ1) is 39.7. The molecule has 0 unspecified atom stereocenters. The van der Waals surface area contributed by atoms with Gasteiger partial charge in [-0.25, -0.2) is 4.39 Å². The molecule has 7 heteroatoms. The van der Waals surface area contributed by atoms with Crippen LogP contribution < -0.4 is 15.9 Å². The predicted molar refractivity (Wildman–Crippen MR) is 214 cm³/mol. The Morgan fingerprint density at radius 1 is 1.04 bits per heavy atom. The molecule has 3 aromatic heterocycles. The first-order valence-corrected chi connectivity index (χ1v) is 17.9. The Kier molecular flexibility index (Phi) is 15.4. The van der Waals surface area contributed by atoms with Gasteiger partial charge < -0.3 is 15.2 Å². The number of nitrogens with zero attached hydrogens (tertiary/aromatic N) is 3. The second kappa shape index (κ2) is 19.4. The Morgan fingerprint density at radius 3 is 2.40 bits per heavy atom. The van der Waals surface area contributed by atoms with Gasteiger partial charge in [0.1, 0.15) is 11.5 Å². The second-order valence-electron chi connectivity index (χ2n) is 12.9. The summed E-state index contributed by atoms with van der Waals surface area (Å²) in [4.78, 5) is 10.3. The highest BCUT2D eigenvalue weighted by molar-refractivity contribution is 5.84. The Hall–Kier alpha value is -4.75. The third-order valence-corrected chi connectivity index (χ3v) is 8.53. The third kappa shape index (κ3) is 10.9. The molecule has 6 nitrogen and oxygen atoms in total. The Balaban J connectivity index is 0.000000586. The number of aromatic nitrogens is 4. The molecule has 1 saturated heterocycles. The zero-order valence-electron chi connectivity index (χ0n) is 31.5. The highest BCUT2D eigenvalue weighted by atomic mass is 19.1. The van der Waals surface area contributed by atoms with E-state index < -0.39 is 0 Å². The number of anilines is 1. The van der Waals surface area contributed by atoms with E-state index in [9.17, 15) is 4.39 Å². The first-order chi connectivity index (χ1) is 24.0. The van der Waals surface area contributed by atoms with Crippen LogP contribution in [0.15, 0.2) is 79.8 Å². The van der Waals surface area contributed by atoms with Crippen LogP contribution >= 0.6 is 0 Å². The number of aryl methyl sites for hydroxylation is 2. The summed E-state index contributed by atoms with van der Waals surface area (Å²) in [6.07, 6.45) is 15.4. The maximum atomic E-state index is 14.2. The Labute approximate surface area is 299 Å². The average Bonchev–Trinajstić information content (AvgIpc) is 3.84. The summed E-state index contributed by atoms with van der Waals surface area (Å²) < 4.78 is 14.2. The maximum Gasteiger partial charge on any atom is 0.124 e. The van der Waals surface area contributed by atoms with E-state index in [1.807, 2.05) is 71.2 Å². The fraction of sp³-hybridized carbons (Fsp3) is 0.349. The van der Waals surface area contributed by atoms with Crippen molar-refractivity contribution in [2.24, 2.45) is 5.92 Å². The molecule has 1 fully saturated rings. The number of hydrogen-bond acceptors (Lipinski definition) is 4. The zero-order chi connectivity index (χ0) is 36.8. The molecule has 0 bridgehead atoms. The van der Waals surface area contributed by atoms with E-state index in [1.165, 1.54) is 45.0 Å². The van der Waals surface area contributed by atoms with Crippen LogP contribution in [-0.2, 0) is 0 Å². The number of pyridine rings is 1. The molecule has 0 aliphatic carbocycles. The largest absolute Gasteiger partial charge is 0.358 e. The molecular weight excluding hydrogens is 620 g/mol. The first-order valence-electron chi connectivity index (χ1n) is 17.9.